The van der Waals surface area contributed by atoms with E-state index in [1.807, 2.05) is 0 Å². The second-order valence-corrected chi connectivity index (χ2v) is 7.25. The number of sulfonamides is 1. The zero-order chi connectivity index (χ0) is 15.3. The Morgan fingerprint density at radius 3 is 3.00 bits per heavy atom. The molecule has 2 heterocycles. The zero-order valence-electron chi connectivity index (χ0n) is 12.7. The summed E-state index contributed by atoms with van der Waals surface area (Å²) in [5.41, 5.74) is 0. The van der Waals surface area contributed by atoms with Crippen molar-refractivity contribution < 1.29 is 13.2 Å². The van der Waals surface area contributed by atoms with E-state index in [0.717, 1.165) is 25.9 Å². The molecule has 0 aromatic carbocycles. The fraction of sp³-hybridized carbons (Fsp3) is 0.769. The van der Waals surface area contributed by atoms with Crippen LogP contribution in [0.3, 0.4) is 0 Å². The summed E-state index contributed by atoms with van der Waals surface area (Å²) in [4.78, 5) is 0. The van der Waals surface area contributed by atoms with E-state index >= 15 is 0 Å². The van der Waals surface area contributed by atoms with Crippen LogP contribution in [0.25, 0.3) is 0 Å². The number of piperidine rings is 1. The van der Waals surface area contributed by atoms with Gasteiger partial charge in [0.05, 0.1) is 12.8 Å². The van der Waals surface area contributed by atoms with E-state index < -0.39 is 10.0 Å². The summed E-state index contributed by atoms with van der Waals surface area (Å²) in [6, 6.07) is 1.55. The molecule has 1 N–H and O–H groups in total. The second kappa shape index (κ2) is 7.35. The van der Waals surface area contributed by atoms with Gasteiger partial charge in [-0.1, -0.05) is 0 Å². The van der Waals surface area contributed by atoms with Crippen LogP contribution in [0.1, 0.15) is 12.8 Å². The second-order valence-electron chi connectivity index (χ2n) is 5.36. The maximum Gasteiger partial charge on any atom is 0.260 e. The predicted octanol–water partition coefficient (Wildman–Crippen LogP) is 0.0568. The highest BCUT2D eigenvalue weighted by atomic mass is 32.2. The van der Waals surface area contributed by atoms with Crippen LogP contribution in [0.15, 0.2) is 17.3 Å². The van der Waals surface area contributed by atoms with Gasteiger partial charge >= 0.3 is 0 Å². The smallest absolute Gasteiger partial charge is 0.260 e. The van der Waals surface area contributed by atoms with Gasteiger partial charge in [0.2, 0.25) is 0 Å². The molecule has 0 saturated carbocycles. The molecule has 1 aliphatic rings. The van der Waals surface area contributed by atoms with Crippen LogP contribution in [0.4, 0.5) is 0 Å². The first kappa shape index (κ1) is 16.4. The van der Waals surface area contributed by atoms with E-state index in [4.69, 9.17) is 4.74 Å². The number of nitrogens with zero attached hydrogens (tertiary/aromatic N) is 3. The molecule has 2 rings (SSSR count). The minimum atomic E-state index is -3.44. The Bertz CT molecular complexity index is 543. The first-order valence-electron chi connectivity index (χ1n) is 7.23. The Morgan fingerprint density at radius 2 is 2.33 bits per heavy atom. The summed E-state index contributed by atoms with van der Waals surface area (Å²) in [6.07, 6.45) is 3.46. The topological polar surface area (TPSA) is 76.5 Å². The monoisotopic (exact) mass is 316 g/mol. The van der Waals surface area contributed by atoms with Crippen LogP contribution in [0.5, 0.6) is 0 Å². The van der Waals surface area contributed by atoms with E-state index in [2.05, 4.69) is 10.4 Å². The van der Waals surface area contributed by atoms with Crippen LogP contribution in [0, 0.1) is 5.92 Å². The van der Waals surface area contributed by atoms with Gasteiger partial charge in [0.15, 0.2) is 5.03 Å². The molecule has 0 bridgehead atoms. The molecule has 7 nitrogen and oxygen atoms in total. The molecule has 0 radical (unpaired) electrons. The molecular formula is C13H24N4O3S. The fourth-order valence-corrected chi connectivity index (χ4v) is 4.29. The van der Waals surface area contributed by atoms with Crippen molar-refractivity contribution in [3.05, 3.63) is 12.3 Å². The molecular weight excluding hydrogens is 292 g/mol. The quantitative estimate of drug-likeness (QED) is 0.720. The Kier molecular flexibility index (Phi) is 5.74. The van der Waals surface area contributed by atoms with E-state index in [1.165, 1.54) is 10.9 Å². The van der Waals surface area contributed by atoms with Crippen LogP contribution in [-0.4, -0.2) is 62.4 Å². The molecule has 1 unspecified atom stereocenters. The van der Waals surface area contributed by atoms with Gasteiger partial charge in [0.1, 0.15) is 0 Å². The van der Waals surface area contributed by atoms with E-state index in [9.17, 15) is 8.42 Å². The molecule has 1 fully saturated rings. The first-order chi connectivity index (χ1) is 10.1. The summed E-state index contributed by atoms with van der Waals surface area (Å²) in [7, 11) is -0.112. The third kappa shape index (κ3) is 4.03. The number of methoxy groups -OCH3 is 1. The molecule has 21 heavy (non-hydrogen) atoms. The summed E-state index contributed by atoms with van der Waals surface area (Å²) in [5.74, 6) is 0.346. The highest BCUT2D eigenvalue weighted by Gasteiger charge is 2.31. The average molecular weight is 316 g/mol. The Hall–Kier alpha value is -0.960. The van der Waals surface area contributed by atoms with Crippen molar-refractivity contribution in [2.24, 2.45) is 13.0 Å². The lowest BCUT2D eigenvalue weighted by molar-refractivity contribution is 0.193. The summed E-state index contributed by atoms with van der Waals surface area (Å²) >= 11 is 0. The van der Waals surface area contributed by atoms with Crippen molar-refractivity contribution >= 4 is 10.0 Å². The van der Waals surface area contributed by atoms with Gasteiger partial charge in [-0.2, -0.15) is 9.40 Å². The number of rotatable bonds is 7. The normalized spacial score (nSPS) is 20.8. The van der Waals surface area contributed by atoms with Gasteiger partial charge < -0.3 is 10.1 Å². The number of hydrogen-bond acceptors (Lipinski definition) is 5. The van der Waals surface area contributed by atoms with E-state index in [1.54, 1.807) is 24.5 Å². The van der Waals surface area contributed by atoms with Crippen molar-refractivity contribution in [3.8, 4) is 0 Å². The number of ether oxygens (including phenoxy) is 1. The minimum absolute atomic E-state index is 0.260. The highest BCUT2D eigenvalue weighted by Crippen LogP contribution is 2.22. The lowest BCUT2D eigenvalue weighted by Crippen LogP contribution is -2.43. The Balaban J connectivity index is 1.96. The molecule has 120 valence electrons. The largest absolute Gasteiger partial charge is 0.383 e. The third-order valence-corrected chi connectivity index (χ3v) is 5.72. The SMILES string of the molecule is COCCNCC1CCCN(S(=O)(=O)c2ccnn2C)C1. The van der Waals surface area contributed by atoms with Gasteiger partial charge in [0, 0.05) is 33.8 Å². The molecule has 8 heteroatoms. The Morgan fingerprint density at radius 1 is 1.52 bits per heavy atom. The third-order valence-electron chi connectivity index (χ3n) is 3.78. The van der Waals surface area contributed by atoms with Gasteiger partial charge in [0.25, 0.3) is 10.0 Å². The fourth-order valence-electron chi connectivity index (χ4n) is 2.64. The van der Waals surface area contributed by atoms with Gasteiger partial charge in [-0.05, 0) is 31.4 Å². The summed E-state index contributed by atoms with van der Waals surface area (Å²) in [6.45, 7) is 3.43. The highest BCUT2D eigenvalue weighted by molar-refractivity contribution is 7.89. The molecule has 0 amide bonds. The van der Waals surface area contributed by atoms with Crippen LogP contribution in [0.2, 0.25) is 0 Å². The molecule has 1 atom stereocenters. The molecule has 0 aliphatic carbocycles. The maximum atomic E-state index is 12.6. The van der Waals surface area contributed by atoms with Crippen molar-refractivity contribution in [3.63, 3.8) is 0 Å². The minimum Gasteiger partial charge on any atom is -0.383 e. The van der Waals surface area contributed by atoms with Crippen molar-refractivity contribution in [2.45, 2.75) is 17.9 Å². The molecule has 1 aromatic rings. The standard InChI is InChI=1S/C13H24N4O3S/c1-16-13(5-6-15-16)21(18,19)17-8-3-4-12(11-17)10-14-7-9-20-2/h5-6,12,14H,3-4,7-11H2,1-2H3. The van der Waals surface area contributed by atoms with Crippen molar-refractivity contribution in [1.82, 2.24) is 19.4 Å². The van der Waals surface area contributed by atoms with Gasteiger partial charge in [-0.25, -0.2) is 8.42 Å². The number of aryl methyl sites for hydroxylation is 1. The molecule has 1 saturated heterocycles. The van der Waals surface area contributed by atoms with Crippen LogP contribution < -0.4 is 5.32 Å². The molecule has 1 aliphatic heterocycles. The number of nitrogens with one attached hydrogen (secondary N) is 1. The zero-order valence-corrected chi connectivity index (χ0v) is 13.5. The number of hydrogen-bond donors (Lipinski definition) is 1. The van der Waals surface area contributed by atoms with Gasteiger partial charge in [-0.3, -0.25) is 4.68 Å². The summed E-state index contributed by atoms with van der Waals surface area (Å²) in [5, 5.41) is 7.52. The lowest BCUT2D eigenvalue weighted by atomic mass is 10.00. The van der Waals surface area contributed by atoms with E-state index in [-0.39, 0.29) is 5.03 Å². The van der Waals surface area contributed by atoms with Gasteiger partial charge in [-0.15, -0.1) is 0 Å². The Labute approximate surface area is 126 Å². The van der Waals surface area contributed by atoms with Crippen LogP contribution >= 0.6 is 0 Å². The number of aromatic nitrogens is 2. The first-order valence-corrected chi connectivity index (χ1v) is 8.67. The van der Waals surface area contributed by atoms with E-state index in [0.29, 0.717) is 25.6 Å². The summed E-state index contributed by atoms with van der Waals surface area (Å²) < 4.78 is 33.2. The average Bonchev–Trinajstić information content (AvgIpc) is 2.91. The predicted molar refractivity (Wildman–Crippen MR) is 79.4 cm³/mol. The lowest BCUT2D eigenvalue weighted by Gasteiger charge is -2.31. The van der Waals surface area contributed by atoms with Crippen molar-refractivity contribution in [2.75, 3.05) is 39.9 Å². The maximum absolute atomic E-state index is 12.6. The molecule has 0 spiro atoms. The van der Waals surface area contributed by atoms with Crippen molar-refractivity contribution in [1.29, 1.82) is 0 Å². The van der Waals surface area contributed by atoms with Crippen LogP contribution in [-0.2, 0) is 21.8 Å². The molecule has 1 aromatic heterocycles.